The van der Waals surface area contributed by atoms with E-state index in [-0.39, 0.29) is 36.2 Å². The molecule has 0 bridgehead atoms. The smallest absolute Gasteiger partial charge is 0.432 e. The maximum Gasteiger partial charge on any atom is 0.432 e. The molecule has 1 unspecified atom stereocenters. The lowest BCUT2D eigenvalue weighted by Crippen LogP contribution is -2.51. The van der Waals surface area contributed by atoms with Crippen molar-refractivity contribution < 1.29 is 58.8 Å². The maximum absolute atomic E-state index is 15.7. The van der Waals surface area contributed by atoms with E-state index in [9.17, 15) is 50.4 Å². The van der Waals surface area contributed by atoms with E-state index in [1.165, 1.54) is 6.92 Å². The molecule has 0 aliphatic rings. The van der Waals surface area contributed by atoms with Gasteiger partial charge >= 0.3 is 12.8 Å². The predicted octanol–water partition coefficient (Wildman–Crippen LogP) is 9.05. The number of nitro groups is 1. The summed E-state index contributed by atoms with van der Waals surface area (Å²) in [6.07, 6.45) is -6.25. The molecule has 19 heteroatoms. The van der Waals surface area contributed by atoms with E-state index in [4.69, 9.17) is 11.6 Å². The Hall–Kier alpha value is -4.06. The van der Waals surface area contributed by atoms with E-state index in [1.807, 2.05) is 5.32 Å². The highest BCUT2D eigenvalue weighted by molar-refractivity contribution is 9.10. The monoisotopic (exact) mass is 749 g/mol. The van der Waals surface area contributed by atoms with Crippen molar-refractivity contribution in [3.63, 3.8) is 0 Å². The summed E-state index contributed by atoms with van der Waals surface area (Å²) in [5.74, 6) is -10.3. The number of alkyl halides is 8. The standard InChI is InChI=1S/C27H18BrClF9N3O5/c1-3-40(23(43)14-8-7-13(41(44)45)11-17(14)29)18-6-4-5-15(20(18)30)22(42)39-21-16(28)9-12(10-19(21)46-24(31)32)26(35,25(2,33)34)27(36,37)38/h4-11,24H,3H2,1-2H3,(H,39,42). The first-order valence-electron chi connectivity index (χ1n) is 12.4. The van der Waals surface area contributed by atoms with Gasteiger partial charge in [-0.3, -0.25) is 19.7 Å². The van der Waals surface area contributed by atoms with Crippen LogP contribution in [0.2, 0.25) is 5.02 Å². The Morgan fingerprint density at radius 2 is 1.70 bits per heavy atom. The number of nitrogens with one attached hydrogen (secondary N) is 1. The van der Waals surface area contributed by atoms with Crippen LogP contribution < -0.4 is 15.0 Å². The number of halogens is 11. The highest BCUT2D eigenvalue weighted by Crippen LogP contribution is 2.54. The number of amides is 2. The third-order valence-corrected chi connectivity index (χ3v) is 7.31. The van der Waals surface area contributed by atoms with Gasteiger partial charge in [-0.25, -0.2) is 17.6 Å². The van der Waals surface area contributed by atoms with Crippen LogP contribution in [-0.2, 0) is 5.67 Å². The molecule has 3 aromatic carbocycles. The van der Waals surface area contributed by atoms with Gasteiger partial charge in [0.25, 0.3) is 29.1 Å². The number of rotatable bonds is 10. The molecular weight excluding hydrogens is 733 g/mol. The van der Waals surface area contributed by atoms with Crippen molar-refractivity contribution in [1.29, 1.82) is 0 Å². The van der Waals surface area contributed by atoms with Crippen molar-refractivity contribution in [1.82, 2.24) is 0 Å². The van der Waals surface area contributed by atoms with E-state index in [0.717, 1.165) is 41.3 Å². The Kier molecular flexibility index (Phi) is 10.6. The van der Waals surface area contributed by atoms with Gasteiger partial charge in [0, 0.05) is 35.6 Å². The first kappa shape index (κ1) is 36.4. The summed E-state index contributed by atoms with van der Waals surface area (Å²) in [6.45, 7) is -3.02. The number of non-ortho nitro benzene ring substituents is 1. The number of hydrogen-bond donors (Lipinski definition) is 1. The number of nitrogens with zero attached hydrogens (tertiary/aromatic N) is 2. The van der Waals surface area contributed by atoms with Crippen LogP contribution in [0.5, 0.6) is 5.75 Å². The third kappa shape index (κ3) is 7.01. The van der Waals surface area contributed by atoms with Crippen molar-refractivity contribution in [2.75, 3.05) is 16.8 Å². The first-order chi connectivity index (χ1) is 21.1. The van der Waals surface area contributed by atoms with E-state index in [0.29, 0.717) is 0 Å². The van der Waals surface area contributed by atoms with Crippen molar-refractivity contribution >= 4 is 56.4 Å². The minimum absolute atomic E-state index is 0.115. The maximum atomic E-state index is 15.7. The molecule has 3 aromatic rings. The molecule has 0 aliphatic carbocycles. The SMILES string of the molecule is CCN(C(=O)c1ccc([N+](=O)[O-])cc1Cl)c1cccc(C(=O)Nc2c(Br)cc(C(F)(C(C)(F)F)C(F)(F)F)cc2OC(F)F)c1F. The first-order valence-corrected chi connectivity index (χ1v) is 13.6. The Bertz CT molecular complexity index is 1670. The molecule has 0 heterocycles. The van der Waals surface area contributed by atoms with Gasteiger partial charge in [0.05, 0.1) is 32.4 Å². The van der Waals surface area contributed by atoms with Crippen LogP contribution in [0.3, 0.4) is 0 Å². The minimum atomic E-state index is -6.25. The molecule has 2 amide bonds. The van der Waals surface area contributed by atoms with Crippen molar-refractivity contribution in [2.24, 2.45) is 0 Å². The summed E-state index contributed by atoms with van der Waals surface area (Å²) in [5.41, 5.74) is -10.3. The Balaban J connectivity index is 2.07. The van der Waals surface area contributed by atoms with Gasteiger partial charge in [-0.1, -0.05) is 17.7 Å². The van der Waals surface area contributed by atoms with Gasteiger partial charge in [0.15, 0.2) is 11.6 Å². The quantitative estimate of drug-likeness (QED) is 0.127. The molecule has 0 radical (unpaired) electrons. The number of anilines is 2. The molecule has 8 nitrogen and oxygen atoms in total. The van der Waals surface area contributed by atoms with Gasteiger partial charge in [-0.15, -0.1) is 0 Å². The third-order valence-electron chi connectivity index (χ3n) is 6.37. The van der Waals surface area contributed by atoms with Gasteiger partial charge in [0.2, 0.25) is 0 Å². The van der Waals surface area contributed by atoms with Crippen LogP contribution in [0.4, 0.5) is 56.6 Å². The molecular formula is C27H18BrClF9N3O5. The molecule has 0 fully saturated rings. The van der Waals surface area contributed by atoms with Crippen LogP contribution in [-0.4, -0.2) is 42.0 Å². The predicted molar refractivity (Wildman–Crippen MR) is 150 cm³/mol. The topological polar surface area (TPSA) is 102 Å². The van der Waals surface area contributed by atoms with Gasteiger partial charge < -0.3 is 15.0 Å². The largest absolute Gasteiger partial charge is 0.433 e. The fraction of sp³-hybridized carbons (Fsp3) is 0.259. The molecule has 1 N–H and O–H groups in total. The highest BCUT2D eigenvalue weighted by atomic mass is 79.9. The van der Waals surface area contributed by atoms with Crippen molar-refractivity contribution in [2.45, 2.75) is 38.2 Å². The zero-order valence-corrected chi connectivity index (χ0v) is 25.3. The van der Waals surface area contributed by atoms with E-state index < -0.39 is 85.3 Å². The van der Waals surface area contributed by atoms with Crippen molar-refractivity contribution in [3.05, 3.63) is 90.6 Å². The molecule has 0 aliphatic heterocycles. The van der Waals surface area contributed by atoms with Crippen LogP contribution in [0.1, 0.15) is 40.1 Å². The summed E-state index contributed by atoms with van der Waals surface area (Å²) in [7, 11) is 0. The lowest BCUT2D eigenvalue weighted by Gasteiger charge is -2.33. The molecule has 3 rings (SSSR count). The Morgan fingerprint density at radius 3 is 2.20 bits per heavy atom. The van der Waals surface area contributed by atoms with E-state index >= 15 is 8.78 Å². The lowest BCUT2D eigenvalue weighted by atomic mass is 9.88. The van der Waals surface area contributed by atoms with Gasteiger partial charge in [-0.05, 0) is 53.2 Å². The van der Waals surface area contributed by atoms with Crippen molar-refractivity contribution in [3.8, 4) is 5.75 Å². The fourth-order valence-corrected chi connectivity index (χ4v) is 5.00. The summed E-state index contributed by atoms with van der Waals surface area (Å²) in [5, 5.41) is 12.5. The highest BCUT2D eigenvalue weighted by Gasteiger charge is 2.70. The summed E-state index contributed by atoms with van der Waals surface area (Å²) in [4.78, 5) is 37.3. The second kappa shape index (κ2) is 13.4. The Labute approximate surface area is 266 Å². The second-order valence-corrected chi connectivity index (χ2v) is 10.6. The molecule has 0 aromatic heterocycles. The second-order valence-electron chi connectivity index (χ2n) is 9.32. The number of carbonyl (C=O) groups excluding carboxylic acids is 2. The summed E-state index contributed by atoms with van der Waals surface area (Å²) in [6, 6.07) is 5.94. The molecule has 0 saturated carbocycles. The number of benzene rings is 3. The van der Waals surface area contributed by atoms with E-state index in [2.05, 4.69) is 20.7 Å². The lowest BCUT2D eigenvalue weighted by molar-refractivity contribution is -0.384. The molecule has 0 spiro atoms. The average molecular weight is 751 g/mol. The summed E-state index contributed by atoms with van der Waals surface area (Å²) >= 11 is 8.64. The van der Waals surface area contributed by atoms with Crippen LogP contribution >= 0.6 is 27.5 Å². The molecule has 1 atom stereocenters. The minimum Gasteiger partial charge on any atom is -0.433 e. The molecule has 248 valence electrons. The zero-order valence-electron chi connectivity index (χ0n) is 23.0. The Morgan fingerprint density at radius 1 is 1.07 bits per heavy atom. The van der Waals surface area contributed by atoms with Crippen LogP contribution in [0, 0.1) is 15.9 Å². The number of ether oxygens (including phenoxy) is 1. The fourth-order valence-electron chi connectivity index (χ4n) is 4.20. The zero-order chi connectivity index (χ0) is 34.9. The molecule has 46 heavy (non-hydrogen) atoms. The van der Waals surface area contributed by atoms with Gasteiger partial charge in [-0.2, -0.15) is 22.0 Å². The summed E-state index contributed by atoms with van der Waals surface area (Å²) < 4.78 is 129. The van der Waals surface area contributed by atoms with Crippen LogP contribution in [0.25, 0.3) is 0 Å². The number of nitro benzene ring substituents is 1. The number of carbonyl (C=O) groups is 2. The normalized spacial score (nSPS) is 13.3. The molecule has 0 saturated heterocycles. The van der Waals surface area contributed by atoms with E-state index in [1.54, 1.807) is 0 Å². The number of hydrogen-bond acceptors (Lipinski definition) is 5. The van der Waals surface area contributed by atoms with Gasteiger partial charge in [0.1, 0.15) is 0 Å². The van der Waals surface area contributed by atoms with Crippen LogP contribution in [0.15, 0.2) is 53.0 Å². The average Bonchev–Trinajstić information content (AvgIpc) is 2.93.